The second-order valence-corrected chi connectivity index (χ2v) is 6.35. The van der Waals surface area contributed by atoms with Crippen LogP contribution in [0.3, 0.4) is 0 Å². The molecule has 21 heavy (non-hydrogen) atoms. The van der Waals surface area contributed by atoms with Crippen molar-refractivity contribution in [3.05, 3.63) is 34.4 Å². The van der Waals surface area contributed by atoms with Crippen LogP contribution < -0.4 is 0 Å². The number of aromatic amines is 1. The number of likely N-dealkylation sites (tertiary alicyclic amines) is 1. The minimum atomic E-state index is -0.253. The Morgan fingerprint density at radius 3 is 2.90 bits per heavy atom. The maximum atomic E-state index is 12.2. The van der Waals surface area contributed by atoms with E-state index in [1.54, 1.807) is 6.20 Å². The van der Waals surface area contributed by atoms with Crippen LogP contribution in [0.15, 0.2) is 28.9 Å². The fourth-order valence-electron chi connectivity index (χ4n) is 2.79. The Kier molecular flexibility index (Phi) is 4.60. The Labute approximate surface area is 132 Å². The third-order valence-electron chi connectivity index (χ3n) is 3.95. The zero-order chi connectivity index (χ0) is 14.7. The van der Waals surface area contributed by atoms with Crippen molar-refractivity contribution in [2.24, 2.45) is 0 Å². The SMILES string of the molecule is O=C(OCCN1CCCCC1)c1c[nH]c2ccc(Br)cc12. The zero-order valence-electron chi connectivity index (χ0n) is 11.9. The van der Waals surface area contributed by atoms with Crippen LogP contribution in [-0.2, 0) is 4.74 Å². The van der Waals surface area contributed by atoms with Crippen molar-refractivity contribution in [1.29, 1.82) is 0 Å². The Hall–Kier alpha value is -1.33. The lowest BCUT2D eigenvalue weighted by atomic mass is 10.1. The molecule has 1 N–H and O–H groups in total. The van der Waals surface area contributed by atoms with E-state index in [2.05, 4.69) is 25.8 Å². The summed E-state index contributed by atoms with van der Waals surface area (Å²) >= 11 is 3.43. The van der Waals surface area contributed by atoms with Crippen LogP contribution in [0.2, 0.25) is 0 Å². The number of ether oxygens (including phenoxy) is 1. The average Bonchev–Trinajstić information content (AvgIpc) is 2.91. The number of nitrogens with zero attached hydrogens (tertiary/aromatic N) is 1. The molecule has 112 valence electrons. The van der Waals surface area contributed by atoms with Gasteiger partial charge in [-0.3, -0.25) is 4.90 Å². The smallest absolute Gasteiger partial charge is 0.340 e. The number of H-pyrrole nitrogens is 1. The second-order valence-electron chi connectivity index (χ2n) is 5.43. The van der Waals surface area contributed by atoms with Crippen LogP contribution in [0.25, 0.3) is 10.9 Å². The Morgan fingerprint density at radius 2 is 2.10 bits per heavy atom. The maximum absolute atomic E-state index is 12.2. The minimum Gasteiger partial charge on any atom is -0.461 e. The lowest BCUT2D eigenvalue weighted by Crippen LogP contribution is -2.33. The van der Waals surface area contributed by atoms with Crippen molar-refractivity contribution in [3.8, 4) is 0 Å². The number of esters is 1. The van der Waals surface area contributed by atoms with E-state index in [1.165, 1.54) is 19.3 Å². The van der Waals surface area contributed by atoms with Gasteiger partial charge in [0.25, 0.3) is 0 Å². The molecule has 0 radical (unpaired) electrons. The summed E-state index contributed by atoms with van der Waals surface area (Å²) in [4.78, 5) is 17.7. The van der Waals surface area contributed by atoms with Gasteiger partial charge in [-0.1, -0.05) is 22.4 Å². The third-order valence-corrected chi connectivity index (χ3v) is 4.45. The van der Waals surface area contributed by atoms with E-state index >= 15 is 0 Å². The highest BCUT2D eigenvalue weighted by Gasteiger charge is 2.15. The van der Waals surface area contributed by atoms with Gasteiger partial charge in [-0.15, -0.1) is 0 Å². The number of nitrogens with one attached hydrogen (secondary N) is 1. The summed E-state index contributed by atoms with van der Waals surface area (Å²) in [6, 6.07) is 5.83. The van der Waals surface area contributed by atoms with Crippen molar-refractivity contribution in [2.45, 2.75) is 19.3 Å². The summed E-state index contributed by atoms with van der Waals surface area (Å²) in [7, 11) is 0. The molecule has 3 rings (SSSR count). The van der Waals surface area contributed by atoms with Crippen molar-refractivity contribution in [1.82, 2.24) is 9.88 Å². The molecule has 1 saturated heterocycles. The van der Waals surface area contributed by atoms with Gasteiger partial charge in [0.2, 0.25) is 0 Å². The van der Waals surface area contributed by atoms with Crippen molar-refractivity contribution in [2.75, 3.05) is 26.2 Å². The first-order valence-electron chi connectivity index (χ1n) is 7.40. The summed E-state index contributed by atoms with van der Waals surface area (Å²) in [5, 5.41) is 0.896. The van der Waals surface area contributed by atoms with Crippen LogP contribution >= 0.6 is 15.9 Å². The molecule has 1 fully saturated rings. The number of carbonyl (C=O) groups excluding carboxylic acids is 1. The first-order chi connectivity index (χ1) is 10.2. The van der Waals surface area contributed by atoms with E-state index in [9.17, 15) is 4.79 Å². The van der Waals surface area contributed by atoms with Crippen LogP contribution in [0.5, 0.6) is 0 Å². The Balaban J connectivity index is 1.60. The zero-order valence-corrected chi connectivity index (χ0v) is 13.5. The molecule has 1 aromatic carbocycles. The highest BCUT2D eigenvalue weighted by atomic mass is 79.9. The summed E-state index contributed by atoms with van der Waals surface area (Å²) in [5.41, 5.74) is 1.55. The van der Waals surface area contributed by atoms with Gasteiger partial charge in [0, 0.05) is 28.1 Å². The van der Waals surface area contributed by atoms with E-state index in [0.29, 0.717) is 12.2 Å². The molecular weight excluding hydrogens is 332 g/mol. The number of aromatic nitrogens is 1. The molecule has 0 unspecified atom stereocenters. The number of hydrogen-bond donors (Lipinski definition) is 1. The molecule has 0 atom stereocenters. The van der Waals surface area contributed by atoms with Crippen LogP contribution in [0.1, 0.15) is 29.6 Å². The third kappa shape index (κ3) is 3.47. The molecule has 2 aromatic rings. The second kappa shape index (κ2) is 6.62. The molecule has 1 aromatic heterocycles. The van der Waals surface area contributed by atoms with Crippen LogP contribution in [0.4, 0.5) is 0 Å². The topological polar surface area (TPSA) is 45.3 Å². The van der Waals surface area contributed by atoms with Crippen molar-refractivity contribution >= 4 is 32.8 Å². The quantitative estimate of drug-likeness (QED) is 0.857. The molecule has 0 saturated carbocycles. The first-order valence-corrected chi connectivity index (χ1v) is 8.19. The largest absolute Gasteiger partial charge is 0.461 e. The molecule has 0 spiro atoms. The molecule has 0 amide bonds. The van der Waals surface area contributed by atoms with Crippen molar-refractivity contribution < 1.29 is 9.53 Å². The molecule has 0 aliphatic carbocycles. The number of benzene rings is 1. The number of hydrogen-bond acceptors (Lipinski definition) is 3. The highest BCUT2D eigenvalue weighted by molar-refractivity contribution is 9.10. The highest BCUT2D eigenvalue weighted by Crippen LogP contribution is 2.23. The number of piperidine rings is 1. The average molecular weight is 351 g/mol. The van der Waals surface area contributed by atoms with Gasteiger partial charge < -0.3 is 9.72 Å². The van der Waals surface area contributed by atoms with E-state index < -0.39 is 0 Å². The van der Waals surface area contributed by atoms with Gasteiger partial charge in [0.1, 0.15) is 6.61 Å². The van der Waals surface area contributed by atoms with E-state index in [4.69, 9.17) is 4.74 Å². The van der Waals surface area contributed by atoms with Gasteiger partial charge in [0.05, 0.1) is 5.56 Å². The fraction of sp³-hybridized carbons (Fsp3) is 0.438. The van der Waals surface area contributed by atoms with Gasteiger partial charge in [-0.2, -0.15) is 0 Å². The van der Waals surface area contributed by atoms with Gasteiger partial charge in [0.15, 0.2) is 0 Å². The molecule has 1 aliphatic heterocycles. The van der Waals surface area contributed by atoms with Crippen LogP contribution in [-0.4, -0.2) is 42.1 Å². The lowest BCUT2D eigenvalue weighted by molar-refractivity contribution is 0.0454. The summed E-state index contributed by atoms with van der Waals surface area (Å²) in [6.07, 6.45) is 5.55. The molecule has 5 heteroatoms. The summed E-state index contributed by atoms with van der Waals surface area (Å²) < 4.78 is 6.38. The number of carbonyl (C=O) groups is 1. The number of halogens is 1. The van der Waals surface area contributed by atoms with Gasteiger partial charge >= 0.3 is 5.97 Å². The van der Waals surface area contributed by atoms with Gasteiger partial charge in [-0.05, 0) is 44.1 Å². The van der Waals surface area contributed by atoms with Crippen molar-refractivity contribution in [3.63, 3.8) is 0 Å². The standard InChI is InChI=1S/C16H19BrN2O2/c17-12-4-5-15-13(10-12)14(11-18-15)16(20)21-9-8-19-6-2-1-3-7-19/h4-5,10-11,18H,1-3,6-9H2. The summed E-state index contributed by atoms with van der Waals surface area (Å²) in [5.74, 6) is -0.253. The van der Waals surface area contributed by atoms with E-state index in [-0.39, 0.29) is 5.97 Å². The molecule has 4 nitrogen and oxygen atoms in total. The summed E-state index contributed by atoms with van der Waals surface area (Å²) in [6.45, 7) is 3.53. The minimum absolute atomic E-state index is 0.253. The fourth-order valence-corrected chi connectivity index (χ4v) is 3.15. The molecule has 2 heterocycles. The molecule has 1 aliphatic rings. The predicted molar refractivity (Wildman–Crippen MR) is 86.6 cm³/mol. The first kappa shape index (κ1) is 14.6. The maximum Gasteiger partial charge on any atom is 0.340 e. The Bertz CT molecular complexity index is 632. The molecule has 0 bridgehead atoms. The van der Waals surface area contributed by atoms with E-state index in [0.717, 1.165) is 35.0 Å². The Morgan fingerprint density at radius 1 is 1.29 bits per heavy atom. The molecular formula is C16H19BrN2O2. The van der Waals surface area contributed by atoms with Gasteiger partial charge in [-0.25, -0.2) is 4.79 Å². The number of rotatable bonds is 4. The van der Waals surface area contributed by atoms with Crippen LogP contribution in [0, 0.1) is 0 Å². The van der Waals surface area contributed by atoms with E-state index in [1.807, 2.05) is 18.2 Å². The normalized spacial score (nSPS) is 16.2. The number of fused-ring (bicyclic) bond motifs is 1. The predicted octanol–water partition coefficient (Wildman–Crippen LogP) is 3.57. The monoisotopic (exact) mass is 350 g/mol. The lowest BCUT2D eigenvalue weighted by Gasteiger charge is -2.25.